The Kier molecular flexibility index (Phi) is 5.00. The molecule has 0 aliphatic heterocycles. The van der Waals surface area contributed by atoms with Crippen molar-refractivity contribution in [1.82, 2.24) is 0 Å². The molecule has 0 bridgehead atoms. The van der Waals surface area contributed by atoms with Crippen LogP contribution in [0.4, 0.5) is 0 Å². The highest BCUT2D eigenvalue weighted by molar-refractivity contribution is 7.10. The summed E-state index contributed by atoms with van der Waals surface area (Å²) in [7, 11) is 0. The molecule has 1 aromatic heterocycles. The Morgan fingerprint density at radius 2 is 2.05 bits per heavy atom. The maximum Gasteiger partial charge on any atom is 0.230 e. The van der Waals surface area contributed by atoms with Gasteiger partial charge in [-0.3, -0.25) is 4.79 Å². The summed E-state index contributed by atoms with van der Waals surface area (Å²) in [5.41, 5.74) is 1.08. The predicted octanol–water partition coefficient (Wildman–Crippen LogP) is 4.24. The van der Waals surface area contributed by atoms with Gasteiger partial charge in [-0.2, -0.15) is 0 Å². The molecule has 1 atom stereocenters. The second kappa shape index (κ2) is 6.73. The molecule has 0 saturated carbocycles. The smallest absolute Gasteiger partial charge is 0.230 e. The third kappa shape index (κ3) is 3.82. The summed E-state index contributed by atoms with van der Waals surface area (Å²) in [5.74, 6) is 0.579. The quantitative estimate of drug-likeness (QED) is 0.745. The first-order valence-corrected chi connectivity index (χ1v) is 7.41. The Balaban J connectivity index is 2.11. The summed E-state index contributed by atoms with van der Waals surface area (Å²) in [4.78, 5) is 12.6. The lowest BCUT2D eigenvalue weighted by atomic mass is 9.99. The Hall–Kier alpha value is -1.32. The van der Waals surface area contributed by atoms with E-state index in [-0.39, 0.29) is 11.2 Å². The Morgan fingerprint density at radius 1 is 1.32 bits per heavy atom. The van der Waals surface area contributed by atoms with Gasteiger partial charge in [-0.15, -0.1) is 11.3 Å². The lowest BCUT2D eigenvalue weighted by Crippen LogP contribution is -2.08. The molecule has 0 radical (unpaired) electrons. The van der Waals surface area contributed by atoms with Crippen molar-refractivity contribution in [2.75, 3.05) is 6.61 Å². The van der Waals surface area contributed by atoms with E-state index in [1.165, 1.54) is 0 Å². The zero-order chi connectivity index (χ0) is 13.7. The third-order valence-corrected chi connectivity index (χ3v) is 4.08. The molecule has 0 fully saturated rings. The fourth-order valence-corrected chi connectivity index (χ4v) is 2.99. The summed E-state index contributed by atoms with van der Waals surface area (Å²) in [6, 6.07) is 11.7. The Labute approximate surface area is 122 Å². The predicted molar refractivity (Wildman–Crippen MR) is 79.2 cm³/mol. The Bertz CT molecular complexity index is 520. The highest BCUT2D eigenvalue weighted by Crippen LogP contribution is 2.28. The van der Waals surface area contributed by atoms with Crippen molar-refractivity contribution in [2.45, 2.75) is 19.3 Å². The summed E-state index contributed by atoms with van der Waals surface area (Å²) in [5, 5.41) is 1.65. The number of thiophene rings is 1. The van der Waals surface area contributed by atoms with Crippen LogP contribution in [-0.2, 0) is 11.2 Å². The second-order valence-electron chi connectivity index (χ2n) is 4.15. The fraction of sp³-hybridized carbons (Fsp3) is 0.267. The molecule has 0 N–H and O–H groups in total. The van der Waals surface area contributed by atoms with Crippen LogP contribution >= 0.6 is 22.9 Å². The molecule has 1 unspecified atom stereocenters. The largest absolute Gasteiger partial charge is 0.494 e. The van der Waals surface area contributed by atoms with Crippen LogP contribution < -0.4 is 4.74 Å². The molecule has 100 valence electrons. The van der Waals surface area contributed by atoms with E-state index in [9.17, 15) is 4.79 Å². The number of rotatable bonds is 6. The number of ether oxygens (including phenoxy) is 1. The molecule has 1 aromatic carbocycles. The van der Waals surface area contributed by atoms with Gasteiger partial charge in [0.2, 0.25) is 5.24 Å². The standard InChI is InChI=1S/C15H15ClO2S/c1-2-18-12-7-5-11(6-8-12)10-13(15(16)17)14-4-3-9-19-14/h3-9,13H,2,10H2,1H3. The molecule has 0 saturated heterocycles. The van der Waals surface area contributed by atoms with Crippen LogP contribution in [-0.4, -0.2) is 11.8 Å². The molecule has 1 heterocycles. The van der Waals surface area contributed by atoms with Crippen molar-refractivity contribution in [2.24, 2.45) is 0 Å². The second-order valence-corrected chi connectivity index (χ2v) is 5.50. The summed E-state index contributed by atoms with van der Waals surface area (Å²) in [6.45, 7) is 2.60. The minimum absolute atomic E-state index is 0.264. The summed E-state index contributed by atoms with van der Waals surface area (Å²) in [6.07, 6.45) is 0.620. The SMILES string of the molecule is CCOc1ccc(CC(C(=O)Cl)c2cccs2)cc1. The highest BCUT2D eigenvalue weighted by atomic mass is 35.5. The van der Waals surface area contributed by atoms with Gasteiger partial charge >= 0.3 is 0 Å². The molecule has 0 aliphatic rings. The van der Waals surface area contributed by atoms with Gasteiger partial charge in [0.1, 0.15) is 5.75 Å². The van der Waals surface area contributed by atoms with Crippen molar-refractivity contribution < 1.29 is 9.53 Å². The van der Waals surface area contributed by atoms with E-state index in [0.29, 0.717) is 13.0 Å². The lowest BCUT2D eigenvalue weighted by Gasteiger charge is -2.11. The van der Waals surface area contributed by atoms with Gasteiger partial charge in [-0.1, -0.05) is 18.2 Å². The van der Waals surface area contributed by atoms with Crippen LogP contribution in [0.5, 0.6) is 5.75 Å². The number of benzene rings is 1. The monoisotopic (exact) mass is 294 g/mol. The van der Waals surface area contributed by atoms with Gasteiger partial charge in [0.25, 0.3) is 0 Å². The first-order chi connectivity index (χ1) is 9.20. The van der Waals surface area contributed by atoms with Crippen LogP contribution in [0.3, 0.4) is 0 Å². The zero-order valence-electron chi connectivity index (χ0n) is 10.6. The molecule has 2 rings (SSSR count). The van der Waals surface area contributed by atoms with E-state index in [2.05, 4.69) is 0 Å². The molecule has 2 nitrogen and oxygen atoms in total. The van der Waals surface area contributed by atoms with Crippen molar-refractivity contribution in [1.29, 1.82) is 0 Å². The molecule has 2 aromatic rings. The van der Waals surface area contributed by atoms with Crippen molar-refractivity contribution in [3.8, 4) is 5.75 Å². The number of hydrogen-bond donors (Lipinski definition) is 0. The van der Waals surface area contributed by atoms with Crippen LogP contribution in [0.15, 0.2) is 41.8 Å². The number of halogens is 1. The van der Waals surface area contributed by atoms with E-state index in [0.717, 1.165) is 16.2 Å². The summed E-state index contributed by atoms with van der Waals surface area (Å²) < 4.78 is 5.39. The van der Waals surface area contributed by atoms with Gasteiger partial charge in [0, 0.05) is 4.88 Å². The van der Waals surface area contributed by atoms with Gasteiger partial charge in [-0.05, 0) is 54.1 Å². The van der Waals surface area contributed by atoms with E-state index >= 15 is 0 Å². The fourth-order valence-electron chi connectivity index (χ4n) is 1.91. The minimum Gasteiger partial charge on any atom is -0.494 e. The molecule has 4 heteroatoms. The van der Waals surface area contributed by atoms with Crippen LogP contribution in [0, 0.1) is 0 Å². The van der Waals surface area contributed by atoms with Crippen molar-refractivity contribution in [3.05, 3.63) is 52.2 Å². The normalized spacial score (nSPS) is 12.1. The van der Waals surface area contributed by atoms with E-state index in [4.69, 9.17) is 16.3 Å². The molecular weight excluding hydrogens is 280 g/mol. The number of carbonyl (C=O) groups is 1. The van der Waals surface area contributed by atoms with Crippen LogP contribution in [0.2, 0.25) is 0 Å². The number of hydrogen-bond acceptors (Lipinski definition) is 3. The van der Waals surface area contributed by atoms with Crippen molar-refractivity contribution >= 4 is 28.2 Å². The zero-order valence-corrected chi connectivity index (χ0v) is 12.2. The molecule has 19 heavy (non-hydrogen) atoms. The van der Waals surface area contributed by atoms with E-state index in [1.54, 1.807) is 11.3 Å². The number of carbonyl (C=O) groups excluding carboxylic acids is 1. The molecule has 0 amide bonds. The van der Waals surface area contributed by atoms with Crippen LogP contribution in [0.25, 0.3) is 0 Å². The van der Waals surface area contributed by atoms with Gasteiger partial charge in [0.05, 0.1) is 12.5 Å². The van der Waals surface area contributed by atoms with E-state index < -0.39 is 0 Å². The molecule has 0 spiro atoms. The van der Waals surface area contributed by atoms with Crippen LogP contribution in [0.1, 0.15) is 23.3 Å². The maximum atomic E-state index is 11.6. The van der Waals surface area contributed by atoms with Gasteiger partial charge in [0.15, 0.2) is 0 Å². The topological polar surface area (TPSA) is 26.3 Å². The first-order valence-electron chi connectivity index (χ1n) is 6.15. The minimum atomic E-state index is -0.309. The van der Waals surface area contributed by atoms with Gasteiger partial charge < -0.3 is 4.74 Å². The average Bonchev–Trinajstić information content (AvgIpc) is 2.91. The molecule has 0 aliphatic carbocycles. The average molecular weight is 295 g/mol. The van der Waals surface area contributed by atoms with E-state index in [1.807, 2.05) is 48.7 Å². The highest BCUT2D eigenvalue weighted by Gasteiger charge is 2.20. The molecular formula is C15H15ClO2S. The summed E-state index contributed by atoms with van der Waals surface area (Å²) >= 11 is 7.27. The third-order valence-electron chi connectivity index (χ3n) is 2.83. The first kappa shape index (κ1) is 14.1. The Morgan fingerprint density at radius 3 is 2.58 bits per heavy atom. The maximum absolute atomic E-state index is 11.6. The lowest BCUT2D eigenvalue weighted by molar-refractivity contribution is -0.112. The van der Waals surface area contributed by atoms with Crippen molar-refractivity contribution in [3.63, 3.8) is 0 Å². The van der Waals surface area contributed by atoms with Gasteiger partial charge in [-0.25, -0.2) is 0 Å².